The molecule has 26 heavy (non-hydrogen) atoms. The standard InChI is InChI=1S/C22H18Br4/c23-11-18-10-19(21(13-25)22(14-26)20(18)12-24)17-8-4-7-16(9-17)15-5-2-1-3-6-15/h1-10H,11-14H2. The number of hydrogen-bond donors (Lipinski definition) is 0. The Morgan fingerprint density at radius 2 is 1.12 bits per heavy atom. The van der Waals surface area contributed by atoms with E-state index in [9.17, 15) is 0 Å². The lowest BCUT2D eigenvalue weighted by molar-refractivity contribution is 1.18. The van der Waals surface area contributed by atoms with Crippen molar-refractivity contribution < 1.29 is 0 Å². The molecule has 0 heterocycles. The van der Waals surface area contributed by atoms with Gasteiger partial charge in [-0.15, -0.1) is 0 Å². The minimum atomic E-state index is 0.835. The molecule has 0 aliphatic carbocycles. The molecule has 3 aromatic carbocycles. The maximum atomic E-state index is 3.72. The molecule has 0 fully saturated rings. The summed E-state index contributed by atoms with van der Waals surface area (Å²) in [6, 6.07) is 21.7. The molecule has 0 saturated carbocycles. The Hall–Kier alpha value is -0.420. The molecule has 0 atom stereocenters. The molecule has 0 bridgehead atoms. The highest BCUT2D eigenvalue weighted by Gasteiger charge is 2.17. The first kappa shape index (κ1) is 20.3. The molecule has 0 aliphatic rings. The van der Waals surface area contributed by atoms with Crippen molar-refractivity contribution in [2.75, 3.05) is 0 Å². The van der Waals surface area contributed by atoms with E-state index in [4.69, 9.17) is 0 Å². The lowest BCUT2D eigenvalue weighted by atomic mass is 9.90. The molecule has 0 aromatic heterocycles. The van der Waals surface area contributed by atoms with Crippen LogP contribution in [-0.4, -0.2) is 0 Å². The zero-order chi connectivity index (χ0) is 18.5. The Bertz CT molecular complexity index is 888. The van der Waals surface area contributed by atoms with Crippen LogP contribution in [0.15, 0.2) is 60.7 Å². The summed E-state index contributed by atoms with van der Waals surface area (Å²) in [6.45, 7) is 0. The zero-order valence-corrected chi connectivity index (χ0v) is 20.5. The van der Waals surface area contributed by atoms with Crippen molar-refractivity contribution in [1.29, 1.82) is 0 Å². The predicted molar refractivity (Wildman–Crippen MR) is 128 cm³/mol. The SMILES string of the molecule is BrCc1cc(-c2cccc(-c3ccccc3)c2)c(CBr)c(CBr)c1CBr. The van der Waals surface area contributed by atoms with Gasteiger partial charge in [-0.1, -0.05) is 112 Å². The van der Waals surface area contributed by atoms with Crippen LogP contribution in [0.2, 0.25) is 0 Å². The third kappa shape index (κ3) is 4.19. The van der Waals surface area contributed by atoms with Crippen LogP contribution in [-0.2, 0) is 21.3 Å². The van der Waals surface area contributed by atoms with Gasteiger partial charge in [0.05, 0.1) is 0 Å². The van der Waals surface area contributed by atoms with Gasteiger partial charge < -0.3 is 0 Å². The molecule has 0 amide bonds. The molecule has 0 aliphatic heterocycles. The molecule has 0 saturated heterocycles. The number of rotatable bonds is 6. The third-order valence-corrected chi connectivity index (χ3v) is 6.87. The lowest BCUT2D eigenvalue weighted by Crippen LogP contribution is -2.02. The smallest absolute Gasteiger partial charge is 0.0292 e. The summed E-state index contributed by atoms with van der Waals surface area (Å²) in [5, 5.41) is 3.39. The van der Waals surface area contributed by atoms with Crippen LogP contribution in [0.1, 0.15) is 22.3 Å². The van der Waals surface area contributed by atoms with E-state index in [1.807, 2.05) is 0 Å². The van der Waals surface area contributed by atoms with Crippen molar-refractivity contribution in [3.8, 4) is 22.3 Å². The van der Waals surface area contributed by atoms with Crippen LogP contribution in [0.25, 0.3) is 22.3 Å². The zero-order valence-electron chi connectivity index (χ0n) is 14.1. The molecule has 4 heteroatoms. The first-order valence-electron chi connectivity index (χ1n) is 8.29. The van der Waals surface area contributed by atoms with Gasteiger partial charge in [-0.2, -0.15) is 0 Å². The Labute approximate surface area is 188 Å². The van der Waals surface area contributed by atoms with Crippen molar-refractivity contribution in [3.05, 3.63) is 82.9 Å². The molecule has 0 radical (unpaired) electrons. The fourth-order valence-electron chi connectivity index (χ4n) is 3.24. The van der Waals surface area contributed by atoms with Gasteiger partial charge in [-0.3, -0.25) is 0 Å². The quantitative estimate of drug-likeness (QED) is 0.248. The second kappa shape index (κ2) is 9.68. The number of hydrogen-bond acceptors (Lipinski definition) is 0. The van der Waals surface area contributed by atoms with E-state index >= 15 is 0 Å². The second-order valence-electron chi connectivity index (χ2n) is 6.00. The minimum absolute atomic E-state index is 0.835. The van der Waals surface area contributed by atoms with Gasteiger partial charge in [0, 0.05) is 21.3 Å². The van der Waals surface area contributed by atoms with Crippen LogP contribution in [0.4, 0.5) is 0 Å². The van der Waals surface area contributed by atoms with E-state index in [1.54, 1.807) is 0 Å². The molecule has 0 unspecified atom stereocenters. The highest BCUT2D eigenvalue weighted by Crippen LogP contribution is 2.37. The molecule has 0 spiro atoms. The average Bonchev–Trinajstić information content (AvgIpc) is 2.72. The minimum Gasteiger partial charge on any atom is -0.0876 e. The predicted octanol–water partition coefficient (Wildman–Crippen LogP) is 8.60. The Morgan fingerprint density at radius 3 is 1.73 bits per heavy atom. The van der Waals surface area contributed by atoms with Crippen molar-refractivity contribution in [2.45, 2.75) is 21.3 Å². The topological polar surface area (TPSA) is 0 Å². The maximum Gasteiger partial charge on any atom is 0.0292 e. The van der Waals surface area contributed by atoms with Gasteiger partial charge in [-0.25, -0.2) is 0 Å². The molecule has 0 N–H and O–H groups in total. The summed E-state index contributed by atoms with van der Waals surface area (Å²) < 4.78 is 0. The lowest BCUT2D eigenvalue weighted by Gasteiger charge is -2.19. The van der Waals surface area contributed by atoms with Crippen molar-refractivity contribution in [2.24, 2.45) is 0 Å². The van der Waals surface area contributed by atoms with Crippen LogP contribution in [0, 0.1) is 0 Å². The first-order chi connectivity index (χ1) is 12.7. The van der Waals surface area contributed by atoms with Crippen molar-refractivity contribution >= 4 is 63.7 Å². The summed E-state index contributed by atoms with van der Waals surface area (Å²) in [5.74, 6) is 0. The van der Waals surface area contributed by atoms with Crippen LogP contribution in [0.5, 0.6) is 0 Å². The number of benzene rings is 3. The van der Waals surface area contributed by atoms with Crippen molar-refractivity contribution in [3.63, 3.8) is 0 Å². The van der Waals surface area contributed by atoms with Gasteiger partial charge in [0.2, 0.25) is 0 Å². The van der Waals surface area contributed by atoms with Crippen LogP contribution in [0.3, 0.4) is 0 Å². The molecule has 3 aromatic rings. The molecular formula is C22H18Br4. The van der Waals surface area contributed by atoms with E-state index in [1.165, 1.54) is 44.5 Å². The van der Waals surface area contributed by atoms with Crippen LogP contribution >= 0.6 is 63.7 Å². The third-order valence-electron chi connectivity index (χ3n) is 4.59. The highest BCUT2D eigenvalue weighted by molar-refractivity contribution is 9.09. The largest absolute Gasteiger partial charge is 0.0876 e. The number of alkyl halides is 4. The van der Waals surface area contributed by atoms with Gasteiger partial charge >= 0.3 is 0 Å². The Morgan fingerprint density at radius 1 is 0.500 bits per heavy atom. The fraction of sp³-hybridized carbons (Fsp3) is 0.182. The molecule has 0 nitrogen and oxygen atoms in total. The van der Waals surface area contributed by atoms with Gasteiger partial charge in [0.1, 0.15) is 0 Å². The summed E-state index contributed by atoms with van der Waals surface area (Å²) >= 11 is 14.8. The molecule has 134 valence electrons. The van der Waals surface area contributed by atoms with Gasteiger partial charge in [-0.05, 0) is 56.6 Å². The van der Waals surface area contributed by atoms with Gasteiger partial charge in [0.25, 0.3) is 0 Å². The van der Waals surface area contributed by atoms with E-state index in [0.29, 0.717) is 0 Å². The van der Waals surface area contributed by atoms with E-state index in [-0.39, 0.29) is 0 Å². The summed E-state index contributed by atoms with van der Waals surface area (Å²) in [4.78, 5) is 0. The van der Waals surface area contributed by atoms with E-state index < -0.39 is 0 Å². The molecular weight excluding hydrogens is 584 g/mol. The van der Waals surface area contributed by atoms with E-state index in [2.05, 4.69) is 124 Å². The monoisotopic (exact) mass is 598 g/mol. The second-order valence-corrected chi connectivity index (χ2v) is 8.24. The Balaban J connectivity index is 2.21. The number of halogens is 4. The fourth-order valence-corrected chi connectivity index (χ4v) is 5.76. The summed E-state index contributed by atoms with van der Waals surface area (Å²) in [7, 11) is 0. The normalized spacial score (nSPS) is 10.9. The molecule has 3 rings (SSSR count). The Kier molecular flexibility index (Phi) is 7.56. The maximum absolute atomic E-state index is 3.72. The summed E-state index contributed by atoms with van der Waals surface area (Å²) in [6.07, 6.45) is 0. The summed E-state index contributed by atoms with van der Waals surface area (Å²) in [5.41, 5.74) is 10.5. The van der Waals surface area contributed by atoms with Gasteiger partial charge in [0.15, 0.2) is 0 Å². The van der Waals surface area contributed by atoms with Crippen molar-refractivity contribution in [1.82, 2.24) is 0 Å². The van der Waals surface area contributed by atoms with E-state index in [0.717, 1.165) is 21.3 Å². The average molecular weight is 602 g/mol. The highest BCUT2D eigenvalue weighted by atomic mass is 79.9. The first-order valence-corrected chi connectivity index (χ1v) is 12.8. The van der Waals surface area contributed by atoms with Crippen LogP contribution < -0.4 is 0 Å².